The average molecular weight is 755 g/mol. The molecule has 3 N–H and O–H groups in total. The van der Waals surface area contributed by atoms with E-state index < -0.39 is 0 Å². The van der Waals surface area contributed by atoms with Gasteiger partial charge < -0.3 is 5.43 Å². The van der Waals surface area contributed by atoms with Crippen molar-refractivity contribution < 1.29 is 4.79 Å². The maximum atomic E-state index is 11.2. The Labute approximate surface area is 289 Å². The molecule has 0 aliphatic rings. The van der Waals surface area contributed by atoms with E-state index in [-0.39, 0.29) is 18.3 Å². The van der Waals surface area contributed by atoms with Gasteiger partial charge in [-0.05, 0) is 61.7 Å². The predicted octanol–water partition coefficient (Wildman–Crippen LogP) is 9.63. The molecule has 4 aromatic carbocycles. The van der Waals surface area contributed by atoms with Crippen molar-refractivity contribution in [3.05, 3.63) is 130 Å². The van der Waals surface area contributed by atoms with Crippen molar-refractivity contribution in [1.29, 1.82) is 0 Å². The molecule has 236 valence electrons. The molecule has 45 heavy (non-hydrogen) atoms. The molecule has 0 unspecified atom stereocenters. The number of hydrogen-bond donors (Lipinski definition) is 2. The van der Waals surface area contributed by atoms with E-state index >= 15 is 0 Å². The van der Waals surface area contributed by atoms with Gasteiger partial charge in [0.15, 0.2) is 5.82 Å². The second kappa shape index (κ2) is 20.4. The predicted molar refractivity (Wildman–Crippen MR) is 196 cm³/mol. The number of aromatic nitrogens is 3. The number of nitrogen functional groups attached to an aromatic ring is 1. The van der Waals surface area contributed by atoms with Gasteiger partial charge in [0.1, 0.15) is 5.82 Å². The van der Waals surface area contributed by atoms with Gasteiger partial charge in [0, 0.05) is 38.7 Å². The van der Waals surface area contributed by atoms with E-state index in [2.05, 4.69) is 55.3 Å². The highest BCUT2D eigenvalue weighted by Crippen LogP contribution is 2.21. The second-order valence-electron chi connectivity index (χ2n) is 9.72. The third kappa shape index (κ3) is 12.7. The lowest BCUT2D eigenvalue weighted by Crippen LogP contribution is -2.05. The summed E-state index contributed by atoms with van der Waals surface area (Å²) in [5.74, 6) is 6.89. The molecule has 0 atom stereocenters. The molecule has 0 aliphatic heterocycles. The Balaban J connectivity index is 0.000000255. The quantitative estimate of drug-likeness (QED) is 0.0935. The lowest BCUT2D eigenvalue weighted by molar-refractivity contribution is -0.117. The summed E-state index contributed by atoms with van der Waals surface area (Å²) in [6.07, 6.45) is 3.34. The number of carbonyl (C=O) groups excluding carboxylic acids is 1. The van der Waals surface area contributed by atoms with E-state index in [0.717, 1.165) is 68.1 Å². The van der Waals surface area contributed by atoms with Gasteiger partial charge in [-0.1, -0.05) is 119 Å². The minimum atomic E-state index is -0.0335. The Morgan fingerprint density at radius 3 is 2.02 bits per heavy atom. The zero-order chi connectivity index (χ0) is 31.7. The summed E-state index contributed by atoms with van der Waals surface area (Å²) in [4.78, 5) is 20.0. The first-order valence-corrected chi connectivity index (χ1v) is 16.1. The first-order valence-electron chi connectivity index (χ1n) is 14.5. The molecule has 10 heteroatoms. The number of anilines is 1. The van der Waals surface area contributed by atoms with Crippen molar-refractivity contribution in [2.45, 2.75) is 46.5 Å². The number of benzene rings is 4. The fourth-order valence-electron chi connectivity index (χ4n) is 4.03. The molecule has 0 fully saturated rings. The highest BCUT2D eigenvalue weighted by molar-refractivity contribution is 9.10. The Bertz CT molecular complexity index is 1630. The van der Waals surface area contributed by atoms with E-state index in [0.29, 0.717) is 6.42 Å². The fraction of sp³-hybridized carbons (Fsp3) is 0.200. The molecule has 0 aliphatic carbocycles. The van der Waals surface area contributed by atoms with Crippen LogP contribution in [0.25, 0.3) is 17.1 Å². The Hall–Kier alpha value is -3.63. The van der Waals surface area contributed by atoms with Crippen LogP contribution in [0.5, 0.6) is 0 Å². The van der Waals surface area contributed by atoms with Gasteiger partial charge >= 0.3 is 0 Å². The largest absolute Gasteiger partial charge is 0.324 e. The molecule has 5 rings (SSSR count). The number of aliphatic imine (C=N–C) groups is 1. The summed E-state index contributed by atoms with van der Waals surface area (Å²) < 4.78 is 4.01. The van der Waals surface area contributed by atoms with Crippen LogP contribution in [0.15, 0.2) is 123 Å². The molecular weight excluding hydrogens is 716 g/mol. The van der Waals surface area contributed by atoms with Crippen LogP contribution in [0.1, 0.15) is 51.4 Å². The molecule has 0 bridgehead atoms. The van der Waals surface area contributed by atoms with Crippen molar-refractivity contribution in [1.82, 2.24) is 14.8 Å². The van der Waals surface area contributed by atoms with Crippen molar-refractivity contribution in [2.24, 2.45) is 10.8 Å². The van der Waals surface area contributed by atoms with Crippen LogP contribution in [-0.2, 0) is 11.2 Å². The third-order valence-electron chi connectivity index (χ3n) is 6.17. The zero-order valence-corrected chi connectivity index (χ0v) is 29.6. The SMILES string of the molecule is CCCC(=O)N=C(C)c1ccccc1.CCCc1nc(-c2ccccc2)nn1-c1cccc(Br)c1.Cl.NNc1cccc(Br)c1. The summed E-state index contributed by atoms with van der Waals surface area (Å²) in [6, 6.07) is 35.6. The number of nitrogens with zero attached hydrogens (tertiary/aromatic N) is 4. The molecule has 5 aromatic rings. The van der Waals surface area contributed by atoms with E-state index in [1.54, 1.807) is 0 Å². The highest BCUT2D eigenvalue weighted by Gasteiger charge is 2.12. The van der Waals surface area contributed by atoms with Crippen LogP contribution in [0.3, 0.4) is 0 Å². The zero-order valence-electron chi connectivity index (χ0n) is 25.7. The topological polar surface area (TPSA) is 98.2 Å². The van der Waals surface area contributed by atoms with Gasteiger partial charge in [0.05, 0.1) is 5.69 Å². The van der Waals surface area contributed by atoms with Gasteiger partial charge in [-0.3, -0.25) is 10.6 Å². The van der Waals surface area contributed by atoms with Crippen LogP contribution in [0.4, 0.5) is 5.69 Å². The molecule has 0 radical (unpaired) electrons. The Morgan fingerprint density at radius 1 is 0.844 bits per heavy atom. The number of hydrazine groups is 1. The number of nitrogens with two attached hydrogens (primary N) is 1. The lowest BCUT2D eigenvalue weighted by atomic mass is 10.1. The van der Waals surface area contributed by atoms with Gasteiger partial charge in [-0.15, -0.1) is 17.5 Å². The highest BCUT2D eigenvalue weighted by atomic mass is 79.9. The summed E-state index contributed by atoms with van der Waals surface area (Å²) in [6.45, 7) is 6.00. The standard InChI is InChI=1S/C17H16BrN3.C12H15NO.C6H7BrN2.ClH/c1-2-7-16-19-17(13-8-4-3-5-9-13)20-21(16)15-11-6-10-14(18)12-15;1-3-7-12(14)13-10(2)11-8-5-4-6-9-11;7-5-2-1-3-6(4-5)9-8;/h3-6,8-12H,2,7H2,1H3;4-6,8-9H,3,7H2,1-2H3;1-4,9H,8H2;1H. The Kier molecular flexibility index (Phi) is 17.0. The molecule has 0 saturated carbocycles. The molecule has 0 saturated heterocycles. The van der Waals surface area contributed by atoms with E-state index in [1.807, 2.05) is 122 Å². The number of halogens is 3. The number of nitrogens with one attached hydrogen (secondary N) is 1. The average Bonchev–Trinajstić information content (AvgIpc) is 3.47. The molecular formula is C35H39Br2ClN6O. The summed E-state index contributed by atoms with van der Waals surface area (Å²) in [5.41, 5.74) is 7.33. The minimum absolute atomic E-state index is 0. The van der Waals surface area contributed by atoms with Crippen LogP contribution in [0, 0.1) is 0 Å². The van der Waals surface area contributed by atoms with Crippen LogP contribution in [0.2, 0.25) is 0 Å². The minimum Gasteiger partial charge on any atom is -0.324 e. The van der Waals surface area contributed by atoms with E-state index in [1.165, 1.54) is 0 Å². The normalized spacial score (nSPS) is 10.4. The Morgan fingerprint density at radius 2 is 1.47 bits per heavy atom. The maximum absolute atomic E-state index is 11.2. The van der Waals surface area contributed by atoms with Crippen molar-refractivity contribution >= 4 is 61.6 Å². The first kappa shape index (κ1) is 37.6. The van der Waals surface area contributed by atoms with Crippen LogP contribution < -0.4 is 11.3 Å². The van der Waals surface area contributed by atoms with Gasteiger partial charge in [0.25, 0.3) is 0 Å². The number of rotatable bonds is 8. The number of carbonyl (C=O) groups is 1. The summed E-state index contributed by atoms with van der Waals surface area (Å²) in [7, 11) is 0. The first-order chi connectivity index (χ1) is 21.3. The van der Waals surface area contributed by atoms with Gasteiger partial charge in [0.2, 0.25) is 5.91 Å². The molecule has 1 aromatic heterocycles. The summed E-state index contributed by atoms with van der Waals surface area (Å²) in [5, 5.41) is 4.70. The van der Waals surface area contributed by atoms with Crippen molar-refractivity contribution in [3.63, 3.8) is 0 Å². The van der Waals surface area contributed by atoms with Crippen LogP contribution in [-0.4, -0.2) is 26.4 Å². The smallest absolute Gasteiger partial charge is 0.245 e. The van der Waals surface area contributed by atoms with E-state index in [4.69, 9.17) is 15.9 Å². The third-order valence-corrected chi connectivity index (χ3v) is 7.16. The van der Waals surface area contributed by atoms with E-state index in [9.17, 15) is 4.79 Å². The van der Waals surface area contributed by atoms with Crippen LogP contribution >= 0.6 is 44.3 Å². The monoisotopic (exact) mass is 752 g/mol. The molecule has 1 amide bonds. The van der Waals surface area contributed by atoms with Crippen molar-refractivity contribution in [2.75, 3.05) is 5.43 Å². The lowest BCUT2D eigenvalue weighted by Gasteiger charge is -2.05. The fourth-order valence-corrected chi connectivity index (χ4v) is 4.82. The summed E-state index contributed by atoms with van der Waals surface area (Å²) >= 11 is 6.82. The molecule has 1 heterocycles. The molecule has 7 nitrogen and oxygen atoms in total. The number of aryl methyl sites for hydroxylation is 1. The van der Waals surface area contributed by atoms with Crippen molar-refractivity contribution in [3.8, 4) is 17.1 Å². The number of hydrogen-bond acceptors (Lipinski definition) is 5. The second-order valence-corrected chi connectivity index (χ2v) is 11.6. The van der Waals surface area contributed by atoms with Gasteiger partial charge in [-0.2, -0.15) is 0 Å². The number of amides is 1. The van der Waals surface area contributed by atoms with Gasteiger partial charge in [-0.25, -0.2) is 14.7 Å². The maximum Gasteiger partial charge on any atom is 0.245 e. The molecule has 0 spiro atoms.